The number of benzene rings is 2. The maximum absolute atomic E-state index is 4.68. The van der Waals surface area contributed by atoms with Gasteiger partial charge in [0.25, 0.3) is 0 Å². The number of aromatic nitrogens is 4. The molecular weight excluding hydrogens is 510 g/mol. The lowest BCUT2D eigenvalue weighted by atomic mass is 9.85. The number of thioether (sulfide) groups is 1. The Bertz CT molecular complexity index is 1440. The minimum Gasteiger partial charge on any atom is -0.305 e. The van der Waals surface area contributed by atoms with E-state index in [0.29, 0.717) is 5.41 Å². The highest BCUT2D eigenvalue weighted by Crippen LogP contribution is 2.59. The van der Waals surface area contributed by atoms with E-state index in [-0.39, 0.29) is 17.8 Å². The van der Waals surface area contributed by atoms with Gasteiger partial charge < -0.3 is 9.47 Å². The van der Waals surface area contributed by atoms with E-state index in [1.54, 1.807) is 5.56 Å². The number of hydrogen-bond acceptors (Lipinski definition) is 5. The molecule has 2 fully saturated rings. The molecule has 6 rings (SSSR count). The van der Waals surface area contributed by atoms with Gasteiger partial charge in [0, 0.05) is 47.9 Å². The van der Waals surface area contributed by atoms with Crippen molar-refractivity contribution in [2.75, 3.05) is 25.4 Å². The Morgan fingerprint density at radius 2 is 1.82 bits per heavy atom. The average Bonchev–Trinajstić information content (AvgIpc) is 3.25. The lowest BCUT2D eigenvalue weighted by Gasteiger charge is -2.23. The highest BCUT2D eigenvalue weighted by Gasteiger charge is 2.60. The maximum Gasteiger partial charge on any atom is 0.191 e. The van der Waals surface area contributed by atoms with Gasteiger partial charge in [0.05, 0.1) is 5.52 Å². The van der Waals surface area contributed by atoms with Crippen molar-refractivity contribution in [2.24, 2.45) is 13.0 Å². The number of hydrogen-bond donors (Lipinski definition) is 0. The van der Waals surface area contributed by atoms with Crippen molar-refractivity contribution in [3.05, 3.63) is 71.4 Å². The van der Waals surface area contributed by atoms with Crippen molar-refractivity contribution in [2.45, 2.75) is 56.5 Å². The summed E-state index contributed by atoms with van der Waals surface area (Å²) in [7, 11) is 2.07. The van der Waals surface area contributed by atoms with E-state index in [9.17, 15) is 0 Å². The van der Waals surface area contributed by atoms with Crippen LogP contribution in [0.5, 0.6) is 0 Å². The number of aryl methyl sites for hydroxylation is 1. The third-order valence-electron chi connectivity index (χ3n) is 8.34. The monoisotopic (exact) mass is 547 g/mol. The molecule has 1 aliphatic heterocycles. The predicted molar refractivity (Wildman–Crippen MR) is 160 cm³/mol. The van der Waals surface area contributed by atoms with Crippen LogP contribution in [-0.2, 0) is 17.9 Å². The summed E-state index contributed by atoms with van der Waals surface area (Å²) in [6, 6.07) is 19.9. The van der Waals surface area contributed by atoms with Gasteiger partial charge in [-0.05, 0) is 60.9 Å². The smallest absolute Gasteiger partial charge is 0.191 e. The number of halogens is 1. The van der Waals surface area contributed by atoms with Crippen LogP contribution in [0, 0.1) is 12.8 Å². The van der Waals surface area contributed by atoms with Crippen LogP contribution < -0.4 is 0 Å². The van der Waals surface area contributed by atoms with Gasteiger partial charge in [-0.1, -0.05) is 75.0 Å². The second-order valence-electron chi connectivity index (χ2n) is 12.0. The summed E-state index contributed by atoms with van der Waals surface area (Å²) in [5, 5.41) is 11.2. The van der Waals surface area contributed by atoms with Crippen molar-refractivity contribution < 1.29 is 0 Å². The van der Waals surface area contributed by atoms with Crippen LogP contribution in [0.15, 0.2) is 59.8 Å². The second-order valence-corrected chi connectivity index (χ2v) is 13.1. The summed E-state index contributed by atoms with van der Waals surface area (Å²) in [6.07, 6.45) is 2.52. The fraction of sp³-hybridized carbons (Fsp3) is 0.452. The summed E-state index contributed by atoms with van der Waals surface area (Å²) in [5.41, 5.74) is 6.72. The molecule has 2 atom stereocenters. The molecule has 0 spiro atoms. The Labute approximate surface area is 236 Å². The van der Waals surface area contributed by atoms with Crippen LogP contribution in [0.1, 0.15) is 50.4 Å². The first kappa shape index (κ1) is 27.2. The predicted octanol–water partition coefficient (Wildman–Crippen LogP) is 6.81. The van der Waals surface area contributed by atoms with Gasteiger partial charge in [0.15, 0.2) is 11.0 Å². The topological polar surface area (TPSA) is 46.8 Å². The molecular formula is C31H38ClN5S. The zero-order valence-electron chi connectivity index (χ0n) is 23.1. The molecule has 3 heterocycles. The van der Waals surface area contributed by atoms with Gasteiger partial charge >= 0.3 is 0 Å². The van der Waals surface area contributed by atoms with Gasteiger partial charge in [0.1, 0.15) is 0 Å². The van der Waals surface area contributed by atoms with E-state index in [1.165, 1.54) is 25.1 Å². The van der Waals surface area contributed by atoms with E-state index >= 15 is 0 Å². The number of fused-ring (bicyclic) bond motifs is 2. The van der Waals surface area contributed by atoms with Crippen molar-refractivity contribution in [1.82, 2.24) is 24.6 Å². The molecule has 0 radical (unpaired) electrons. The standard InChI is InChI=1S/C31H37N5S.ClH/c1-21-10-15-25-26(8-6-9-27(25)32-21)28-33-34-29(35(28)5)37-17-7-16-36-19-24-18-31(24,20-36)23-13-11-22(12-14-23)30(2,3)4;/h6,8-15,24H,7,16-20H2,1-5H3;1H/t24-,31?;/m1./s1. The van der Waals surface area contributed by atoms with Gasteiger partial charge in [-0.25, -0.2) is 0 Å². The second kappa shape index (κ2) is 10.3. The minimum atomic E-state index is 0. The Morgan fingerprint density at radius 1 is 1.03 bits per heavy atom. The van der Waals surface area contributed by atoms with Gasteiger partial charge in [-0.2, -0.15) is 0 Å². The lowest BCUT2D eigenvalue weighted by molar-refractivity contribution is 0.299. The molecule has 1 saturated heterocycles. The number of nitrogens with zero attached hydrogens (tertiary/aromatic N) is 5. The summed E-state index contributed by atoms with van der Waals surface area (Å²) >= 11 is 1.81. The maximum atomic E-state index is 4.68. The van der Waals surface area contributed by atoms with Crippen LogP contribution in [-0.4, -0.2) is 50.0 Å². The van der Waals surface area contributed by atoms with Crippen LogP contribution in [0.2, 0.25) is 0 Å². The molecule has 2 aromatic heterocycles. The summed E-state index contributed by atoms with van der Waals surface area (Å²) in [4.78, 5) is 7.36. The zero-order chi connectivity index (χ0) is 25.8. The molecule has 0 N–H and O–H groups in total. The lowest BCUT2D eigenvalue weighted by Crippen LogP contribution is -2.28. The van der Waals surface area contributed by atoms with E-state index in [1.807, 2.05) is 18.7 Å². The molecule has 38 heavy (non-hydrogen) atoms. The van der Waals surface area contributed by atoms with E-state index < -0.39 is 0 Å². The van der Waals surface area contributed by atoms with Gasteiger partial charge in [-0.15, -0.1) is 22.6 Å². The van der Waals surface area contributed by atoms with Crippen molar-refractivity contribution >= 4 is 35.1 Å². The molecule has 0 amide bonds. The van der Waals surface area contributed by atoms with Crippen molar-refractivity contribution in [3.8, 4) is 11.4 Å². The fourth-order valence-electron chi connectivity index (χ4n) is 6.08. The molecule has 1 saturated carbocycles. The van der Waals surface area contributed by atoms with E-state index in [2.05, 4.69) is 107 Å². The Hall–Kier alpha value is -2.41. The first-order valence-corrected chi connectivity index (χ1v) is 14.5. The van der Waals surface area contributed by atoms with Crippen molar-refractivity contribution in [1.29, 1.82) is 0 Å². The highest BCUT2D eigenvalue weighted by atomic mass is 35.5. The summed E-state index contributed by atoms with van der Waals surface area (Å²) in [6.45, 7) is 12.5. The molecule has 7 heteroatoms. The molecule has 1 aliphatic carbocycles. The minimum absolute atomic E-state index is 0. The van der Waals surface area contributed by atoms with E-state index in [0.717, 1.165) is 57.8 Å². The third-order valence-corrected chi connectivity index (χ3v) is 9.45. The molecule has 0 bridgehead atoms. The molecule has 4 aromatic rings. The van der Waals surface area contributed by atoms with Crippen LogP contribution in [0.25, 0.3) is 22.3 Å². The van der Waals surface area contributed by atoms with Gasteiger partial charge in [-0.3, -0.25) is 4.98 Å². The molecule has 200 valence electrons. The highest BCUT2D eigenvalue weighted by molar-refractivity contribution is 7.99. The SMILES string of the molecule is Cc1ccc2c(-c3nnc(SCCCN4C[C@H]5CC5(c5ccc(C(C)(C)C)cc5)C4)n3C)cccc2n1.Cl. The molecule has 2 aromatic carbocycles. The normalized spacial score (nSPS) is 20.9. The Kier molecular flexibility index (Phi) is 7.36. The number of pyridine rings is 1. The summed E-state index contributed by atoms with van der Waals surface area (Å²) in [5.74, 6) is 2.79. The van der Waals surface area contributed by atoms with Crippen LogP contribution in [0.4, 0.5) is 0 Å². The largest absolute Gasteiger partial charge is 0.305 e. The average molecular weight is 548 g/mol. The van der Waals surface area contributed by atoms with E-state index in [4.69, 9.17) is 0 Å². The molecule has 1 unspecified atom stereocenters. The number of rotatable bonds is 7. The zero-order valence-corrected chi connectivity index (χ0v) is 24.7. The van der Waals surface area contributed by atoms with Gasteiger partial charge in [0.2, 0.25) is 0 Å². The molecule has 2 aliphatic rings. The third kappa shape index (κ3) is 4.99. The first-order valence-electron chi connectivity index (χ1n) is 13.5. The van der Waals surface area contributed by atoms with Crippen molar-refractivity contribution in [3.63, 3.8) is 0 Å². The summed E-state index contributed by atoms with van der Waals surface area (Å²) < 4.78 is 2.13. The van der Waals surface area contributed by atoms with Crippen LogP contribution >= 0.6 is 24.2 Å². The fourth-order valence-corrected chi connectivity index (χ4v) is 6.92. The number of piperidine rings is 1. The Balaban J connectivity index is 0.00000294. The first-order chi connectivity index (χ1) is 17.7. The Morgan fingerprint density at radius 3 is 2.58 bits per heavy atom. The molecule has 5 nitrogen and oxygen atoms in total. The number of likely N-dealkylation sites (tertiary alicyclic amines) is 1. The van der Waals surface area contributed by atoms with Crippen LogP contribution in [0.3, 0.4) is 0 Å². The quantitative estimate of drug-likeness (QED) is 0.188.